The molecule has 2 N–H and O–H groups in total. The summed E-state index contributed by atoms with van der Waals surface area (Å²) in [7, 11) is 1.61. The van der Waals surface area contributed by atoms with Crippen molar-refractivity contribution in [3.05, 3.63) is 18.1 Å². The molecule has 0 spiro atoms. The first-order valence-electron chi connectivity index (χ1n) is 6.05. The first-order valence-corrected chi connectivity index (χ1v) is 6.05. The zero-order valence-corrected chi connectivity index (χ0v) is 10.9. The van der Waals surface area contributed by atoms with Gasteiger partial charge in [0.2, 0.25) is 0 Å². The van der Waals surface area contributed by atoms with Gasteiger partial charge in [-0.05, 0) is 6.42 Å². The number of hydrogen-bond donors (Lipinski definition) is 1. The Morgan fingerprint density at radius 2 is 2.11 bits per heavy atom. The van der Waals surface area contributed by atoms with Crippen LogP contribution >= 0.6 is 0 Å². The minimum atomic E-state index is -0.189. The lowest BCUT2D eigenvalue weighted by molar-refractivity contribution is 0.0688. The number of carbonyl (C=O) groups excluding carboxylic acids is 1. The lowest BCUT2D eigenvalue weighted by Crippen LogP contribution is -2.35. The number of anilines is 1. The highest BCUT2D eigenvalue weighted by atomic mass is 16.5. The minimum Gasteiger partial charge on any atom is -0.383 e. The Morgan fingerprint density at radius 3 is 2.72 bits per heavy atom. The summed E-state index contributed by atoms with van der Waals surface area (Å²) < 4.78 is 5.01. The van der Waals surface area contributed by atoms with E-state index in [2.05, 4.69) is 16.9 Å². The molecule has 0 saturated carbocycles. The molecule has 1 heterocycles. The van der Waals surface area contributed by atoms with Crippen molar-refractivity contribution in [1.29, 1.82) is 0 Å². The minimum absolute atomic E-state index is 0.168. The molecule has 0 aliphatic rings. The molecule has 0 saturated heterocycles. The zero-order chi connectivity index (χ0) is 13.4. The number of ether oxygens (including phenoxy) is 1. The van der Waals surface area contributed by atoms with Crippen molar-refractivity contribution in [1.82, 2.24) is 14.9 Å². The molecule has 1 aromatic rings. The second kappa shape index (κ2) is 7.60. The highest BCUT2D eigenvalue weighted by Gasteiger charge is 2.19. The second-order valence-corrected chi connectivity index (χ2v) is 3.93. The van der Waals surface area contributed by atoms with Gasteiger partial charge in [0.1, 0.15) is 0 Å². The molecule has 0 unspecified atom stereocenters. The monoisotopic (exact) mass is 252 g/mol. The van der Waals surface area contributed by atoms with E-state index in [-0.39, 0.29) is 17.4 Å². The molecule has 0 atom stereocenters. The Hall–Kier alpha value is -1.69. The lowest BCUT2D eigenvalue weighted by Gasteiger charge is -2.22. The molecule has 6 heteroatoms. The van der Waals surface area contributed by atoms with Gasteiger partial charge in [-0.3, -0.25) is 4.79 Å². The summed E-state index contributed by atoms with van der Waals surface area (Å²) in [4.78, 5) is 21.8. The molecule has 1 aromatic heterocycles. The highest BCUT2D eigenvalue weighted by molar-refractivity contribution is 5.96. The molecule has 1 rings (SSSR count). The third kappa shape index (κ3) is 3.96. The highest BCUT2D eigenvalue weighted by Crippen LogP contribution is 2.08. The molecule has 0 bridgehead atoms. The Morgan fingerprint density at radius 1 is 1.39 bits per heavy atom. The molecule has 6 nitrogen and oxygen atoms in total. The average Bonchev–Trinajstić information content (AvgIpc) is 2.39. The van der Waals surface area contributed by atoms with Gasteiger partial charge >= 0.3 is 0 Å². The van der Waals surface area contributed by atoms with Crippen LogP contribution in [0.3, 0.4) is 0 Å². The maximum absolute atomic E-state index is 12.3. The van der Waals surface area contributed by atoms with Crippen LogP contribution in [-0.2, 0) is 4.74 Å². The Labute approximate surface area is 107 Å². The van der Waals surface area contributed by atoms with Crippen LogP contribution in [0.25, 0.3) is 0 Å². The SMILES string of the molecule is CCCCN(CCOC)C(=O)c1nccnc1N. The van der Waals surface area contributed by atoms with Gasteiger partial charge in [0.05, 0.1) is 6.61 Å². The van der Waals surface area contributed by atoms with Gasteiger partial charge in [-0.1, -0.05) is 13.3 Å². The summed E-state index contributed by atoms with van der Waals surface area (Å²) >= 11 is 0. The van der Waals surface area contributed by atoms with E-state index in [9.17, 15) is 4.79 Å². The number of nitrogens with zero attached hydrogens (tertiary/aromatic N) is 3. The van der Waals surface area contributed by atoms with Gasteiger partial charge in [-0.25, -0.2) is 9.97 Å². The number of hydrogen-bond acceptors (Lipinski definition) is 5. The molecule has 100 valence electrons. The number of unbranched alkanes of at least 4 members (excludes halogenated alkanes) is 1. The van der Waals surface area contributed by atoms with Crippen molar-refractivity contribution in [2.75, 3.05) is 32.5 Å². The van der Waals surface area contributed by atoms with Crippen molar-refractivity contribution in [3.63, 3.8) is 0 Å². The van der Waals surface area contributed by atoms with E-state index in [1.807, 2.05) is 0 Å². The van der Waals surface area contributed by atoms with Crippen molar-refractivity contribution in [2.24, 2.45) is 0 Å². The van der Waals surface area contributed by atoms with E-state index in [4.69, 9.17) is 10.5 Å². The molecular weight excluding hydrogens is 232 g/mol. The molecule has 0 aromatic carbocycles. The fourth-order valence-electron chi connectivity index (χ4n) is 1.53. The second-order valence-electron chi connectivity index (χ2n) is 3.93. The van der Waals surface area contributed by atoms with E-state index in [0.717, 1.165) is 12.8 Å². The van der Waals surface area contributed by atoms with Crippen molar-refractivity contribution in [3.8, 4) is 0 Å². The summed E-state index contributed by atoms with van der Waals surface area (Å²) in [5.74, 6) is -0.0208. The number of rotatable bonds is 7. The fraction of sp³-hybridized carbons (Fsp3) is 0.583. The Balaban J connectivity index is 2.77. The predicted octanol–water partition coefficient (Wildman–Crippen LogP) is 0.948. The van der Waals surface area contributed by atoms with E-state index in [1.165, 1.54) is 12.4 Å². The van der Waals surface area contributed by atoms with E-state index >= 15 is 0 Å². The molecule has 18 heavy (non-hydrogen) atoms. The van der Waals surface area contributed by atoms with Crippen LogP contribution in [0.5, 0.6) is 0 Å². The Bertz CT molecular complexity index is 376. The number of nitrogens with two attached hydrogens (primary N) is 1. The number of aromatic nitrogens is 2. The van der Waals surface area contributed by atoms with Crippen LogP contribution in [0.1, 0.15) is 30.3 Å². The largest absolute Gasteiger partial charge is 0.383 e. The maximum atomic E-state index is 12.3. The van der Waals surface area contributed by atoms with Crippen LogP contribution in [0.4, 0.5) is 5.82 Å². The maximum Gasteiger partial charge on any atom is 0.276 e. The number of amides is 1. The first-order chi connectivity index (χ1) is 8.70. The van der Waals surface area contributed by atoms with E-state index in [0.29, 0.717) is 19.7 Å². The molecular formula is C12H20N4O2. The number of nitrogen functional groups attached to an aromatic ring is 1. The summed E-state index contributed by atoms with van der Waals surface area (Å²) in [6.45, 7) is 3.78. The van der Waals surface area contributed by atoms with E-state index < -0.39 is 0 Å². The zero-order valence-electron chi connectivity index (χ0n) is 10.9. The van der Waals surface area contributed by atoms with Crippen LogP contribution in [0, 0.1) is 0 Å². The average molecular weight is 252 g/mol. The van der Waals surface area contributed by atoms with Crippen LogP contribution in [0.15, 0.2) is 12.4 Å². The molecule has 0 aliphatic carbocycles. The summed E-state index contributed by atoms with van der Waals surface area (Å²) in [5.41, 5.74) is 5.88. The fourth-order valence-corrected chi connectivity index (χ4v) is 1.53. The lowest BCUT2D eigenvalue weighted by atomic mass is 10.2. The van der Waals surface area contributed by atoms with Crippen LogP contribution in [-0.4, -0.2) is 47.6 Å². The van der Waals surface area contributed by atoms with Crippen molar-refractivity contribution in [2.45, 2.75) is 19.8 Å². The molecule has 1 amide bonds. The predicted molar refractivity (Wildman–Crippen MR) is 69.1 cm³/mol. The van der Waals surface area contributed by atoms with Gasteiger partial charge in [0.15, 0.2) is 11.5 Å². The summed E-state index contributed by atoms with van der Waals surface area (Å²) in [6.07, 6.45) is 4.90. The number of methoxy groups -OCH3 is 1. The van der Waals surface area contributed by atoms with Gasteiger partial charge in [-0.2, -0.15) is 0 Å². The molecule has 0 aliphatic heterocycles. The first kappa shape index (κ1) is 14.4. The van der Waals surface area contributed by atoms with Gasteiger partial charge < -0.3 is 15.4 Å². The summed E-state index contributed by atoms with van der Waals surface area (Å²) in [6, 6.07) is 0. The van der Waals surface area contributed by atoms with Crippen molar-refractivity contribution < 1.29 is 9.53 Å². The quantitative estimate of drug-likeness (QED) is 0.781. The molecule has 0 radical (unpaired) electrons. The molecule has 0 fully saturated rings. The van der Waals surface area contributed by atoms with Gasteiger partial charge in [0.25, 0.3) is 5.91 Å². The number of carbonyl (C=O) groups is 1. The van der Waals surface area contributed by atoms with Crippen LogP contribution in [0.2, 0.25) is 0 Å². The third-order valence-electron chi connectivity index (χ3n) is 2.56. The smallest absolute Gasteiger partial charge is 0.276 e. The standard InChI is InChI=1S/C12H20N4O2/c1-3-4-7-16(8-9-18-2)12(17)10-11(13)15-6-5-14-10/h5-6H,3-4,7-9H2,1-2H3,(H2,13,15). The van der Waals surface area contributed by atoms with Crippen LogP contribution < -0.4 is 5.73 Å². The third-order valence-corrected chi connectivity index (χ3v) is 2.56. The Kier molecular flexibility index (Phi) is 6.07. The van der Waals surface area contributed by atoms with Gasteiger partial charge in [0, 0.05) is 32.6 Å². The summed E-state index contributed by atoms with van der Waals surface area (Å²) in [5, 5.41) is 0. The normalized spacial score (nSPS) is 10.3. The van der Waals surface area contributed by atoms with E-state index in [1.54, 1.807) is 12.0 Å². The van der Waals surface area contributed by atoms with Crippen molar-refractivity contribution >= 4 is 11.7 Å². The topological polar surface area (TPSA) is 81.3 Å². The van der Waals surface area contributed by atoms with Gasteiger partial charge in [-0.15, -0.1) is 0 Å².